The second-order valence-corrected chi connectivity index (χ2v) is 10.3. The number of benzene rings is 2. The van der Waals surface area contributed by atoms with E-state index in [4.69, 9.17) is 4.74 Å². The van der Waals surface area contributed by atoms with Crippen molar-refractivity contribution in [3.63, 3.8) is 0 Å². The molecule has 8 nitrogen and oxygen atoms in total. The van der Waals surface area contributed by atoms with E-state index < -0.39 is 11.9 Å². The Morgan fingerprint density at radius 2 is 1.82 bits per heavy atom. The Hall–Kier alpha value is -3.30. The molecule has 9 heteroatoms. The zero-order valence-corrected chi connectivity index (χ0v) is 22.0. The van der Waals surface area contributed by atoms with Gasteiger partial charge in [-0.2, -0.15) is 0 Å². The SMILES string of the molecule is CCN(CC)C1CCN(Cc2ccc(F)cc2)CC1Oc1ccc2c(c1)CN(C1CCC(=O)NC1=O)C2=O. The molecule has 2 aromatic rings. The highest BCUT2D eigenvalue weighted by Crippen LogP contribution is 2.32. The Balaban J connectivity index is 1.31. The number of likely N-dealkylation sites (tertiary alicyclic amines) is 1. The summed E-state index contributed by atoms with van der Waals surface area (Å²) in [4.78, 5) is 43.3. The lowest BCUT2D eigenvalue weighted by Crippen LogP contribution is -2.56. The molecule has 2 saturated heterocycles. The normalized spacial score (nSPS) is 24.1. The quantitative estimate of drug-likeness (QED) is 0.537. The minimum Gasteiger partial charge on any atom is -0.487 e. The number of nitrogens with zero attached hydrogens (tertiary/aromatic N) is 3. The van der Waals surface area contributed by atoms with Gasteiger partial charge in [-0.1, -0.05) is 26.0 Å². The summed E-state index contributed by atoms with van der Waals surface area (Å²) in [6, 6.07) is 11.8. The van der Waals surface area contributed by atoms with Crippen LogP contribution in [0.2, 0.25) is 0 Å². The minimum atomic E-state index is -0.637. The van der Waals surface area contributed by atoms with Crippen LogP contribution in [0.25, 0.3) is 0 Å². The Bertz CT molecular complexity index is 1200. The van der Waals surface area contributed by atoms with Gasteiger partial charge < -0.3 is 9.64 Å². The number of rotatable bonds is 8. The van der Waals surface area contributed by atoms with Crippen LogP contribution in [0.4, 0.5) is 4.39 Å². The van der Waals surface area contributed by atoms with Crippen molar-refractivity contribution < 1.29 is 23.5 Å². The average Bonchev–Trinajstić information content (AvgIpc) is 3.22. The monoisotopic (exact) mass is 522 g/mol. The molecular formula is C29H35FN4O4. The van der Waals surface area contributed by atoms with Crippen LogP contribution in [0.5, 0.6) is 5.75 Å². The maximum atomic E-state index is 13.4. The van der Waals surface area contributed by atoms with Crippen LogP contribution in [0.3, 0.4) is 0 Å². The van der Waals surface area contributed by atoms with Gasteiger partial charge >= 0.3 is 0 Å². The fraction of sp³-hybridized carbons (Fsp3) is 0.483. The summed E-state index contributed by atoms with van der Waals surface area (Å²) in [7, 11) is 0. The van der Waals surface area contributed by atoms with E-state index in [0.29, 0.717) is 24.3 Å². The van der Waals surface area contributed by atoms with E-state index in [9.17, 15) is 18.8 Å². The van der Waals surface area contributed by atoms with Crippen molar-refractivity contribution in [1.29, 1.82) is 0 Å². The Labute approximate surface area is 222 Å². The highest BCUT2D eigenvalue weighted by atomic mass is 19.1. The first kappa shape index (κ1) is 26.3. The molecule has 3 atom stereocenters. The molecule has 0 aromatic heterocycles. The van der Waals surface area contributed by atoms with Crippen LogP contribution < -0.4 is 10.1 Å². The number of hydrogen-bond acceptors (Lipinski definition) is 6. The lowest BCUT2D eigenvalue weighted by atomic mass is 9.98. The van der Waals surface area contributed by atoms with Gasteiger partial charge in [-0.05, 0) is 67.4 Å². The van der Waals surface area contributed by atoms with Gasteiger partial charge in [-0.15, -0.1) is 0 Å². The molecule has 3 heterocycles. The van der Waals surface area contributed by atoms with Crippen LogP contribution in [0, 0.1) is 5.82 Å². The molecule has 0 spiro atoms. The van der Waals surface area contributed by atoms with Gasteiger partial charge in [0, 0.05) is 44.2 Å². The molecule has 3 amide bonds. The van der Waals surface area contributed by atoms with Gasteiger partial charge in [-0.25, -0.2) is 4.39 Å². The number of halogens is 1. The van der Waals surface area contributed by atoms with E-state index in [2.05, 4.69) is 29.0 Å². The number of hydrogen-bond donors (Lipinski definition) is 1. The number of amides is 3. The minimum absolute atomic E-state index is 0.0782. The molecule has 2 aromatic carbocycles. The lowest BCUT2D eigenvalue weighted by Gasteiger charge is -2.43. The van der Waals surface area contributed by atoms with Crippen molar-refractivity contribution in [2.75, 3.05) is 26.2 Å². The van der Waals surface area contributed by atoms with Crippen LogP contribution >= 0.6 is 0 Å². The number of likely N-dealkylation sites (N-methyl/N-ethyl adjacent to an activating group) is 1. The highest BCUT2D eigenvalue weighted by Gasteiger charge is 2.40. The maximum absolute atomic E-state index is 13.4. The summed E-state index contributed by atoms with van der Waals surface area (Å²) < 4.78 is 20.0. The third-order valence-corrected chi connectivity index (χ3v) is 7.99. The summed E-state index contributed by atoms with van der Waals surface area (Å²) in [5.41, 5.74) is 2.47. The number of fused-ring (bicyclic) bond motifs is 1. The Morgan fingerprint density at radius 1 is 1.05 bits per heavy atom. The van der Waals surface area contributed by atoms with E-state index in [-0.39, 0.29) is 36.2 Å². The van der Waals surface area contributed by atoms with Crippen LogP contribution in [0.1, 0.15) is 54.6 Å². The number of ether oxygens (including phenoxy) is 1. The molecule has 0 aliphatic carbocycles. The van der Waals surface area contributed by atoms with Gasteiger partial charge in [0.25, 0.3) is 5.91 Å². The molecule has 5 rings (SSSR count). The molecule has 3 aliphatic rings. The van der Waals surface area contributed by atoms with Crippen molar-refractivity contribution in [3.05, 3.63) is 65.0 Å². The summed E-state index contributed by atoms with van der Waals surface area (Å²) in [6.45, 7) is 8.89. The maximum Gasteiger partial charge on any atom is 0.255 e. The van der Waals surface area contributed by atoms with Gasteiger partial charge in [-0.3, -0.25) is 29.5 Å². The van der Waals surface area contributed by atoms with Gasteiger partial charge in [0.05, 0.1) is 0 Å². The highest BCUT2D eigenvalue weighted by molar-refractivity contribution is 6.05. The molecule has 3 aliphatic heterocycles. The third kappa shape index (κ3) is 5.44. The standard InChI is InChI=1S/C29H35FN4O4/c1-3-33(4-2)24-13-14-32(16-19-5-7-21(30)8-6-19)18-26(24)38-22-9-10-23-20(15-22)17-34(29(23)37)25-11-12-27(35)31-28(25)36/h5-10,15,24-26H,3-4,11-14,16-18H2,1-2H3,(H,31,35,36). The van der Waals surface area contributed by atoms with Crippen molar-refractivity contribution in [2.45, 2.75) is 64.4 Å². The smallest absolute Gasteiger partial charge is 0.255 e. The molecule has 0 saturated carbocycles. The number of imide groups is 1. The first-order chi connectivity index (χ1) is 18.4. The number of carbonyl (C=O) groups is 3. The average molecular weight is 523 g/mol. The predicted octanol–water partition coefficient (Wildman–Crippen LogP) is 2.95. The van der Waals surface area contributed by atoms with Crippen molar-refractivity contribution in [1.82, 2.24) is 20.0 Å². The third-order valence-electron chi connectivity index (χ3n) is 7.99. The number of carbonyl (C=O) groups excluding carboxylic acids is 3. The van der Waals surface area contributed by atoms with Crippen molar-refractivity contribution >= 4 is 17.7 Å². The molecule has 1 N–H and O–H groups in total. The van der Waals surface area contributed by atoms with E-state index >= 15 is 0 Å². The first-order valence-corrected chi connectivity index (χ1v) is 13.5. The first-order valence-electron chi connectivity index (χ1n) is 13.5. The van der Waals surface area contributed by atoms with Gasteiger partial charge in [0.2, 0.25) is 11.8 Å². The Kier molecular flexibility index (Phi) is 7.76. The zero-order chi connectivity index (χ0) is 26.8. The van der Waals surface area contributed by atoms with E-state index in [1.54, 1.807) is 11.0 Å². The van der Waals surface area contributed by atoms with Crippen molar-refractivity contribution in [2.24, 2.45) is 0 Å². The molecule has 38 heavy (non-hydrogen) atoms. The molecule has 0 bridgehead atoms. The largest absolute Gasteiger partial charge is 0.487 e. The van der Waals surface area contributed by atoms with E-state index in [0.717, 1.165) is 50.3 Å². The summed E-state index contributed by atoms with van der Waals surface area (Å²) in [5.74, 6) is -0.432. The lowest BCUT2D eigenvalue weighted by molar-refractivity contribution is -0.136. The topological polar surface area (TPSA) is 82.2 Å². The fourth-order valence-corrected chi connectivity index (χ4v) is 5.98. The fourth-order valence-electron chi connectivity index (χ4n) is 5.98. The van der Waals surface area contributed by atoms with Crippen LogP contribution in [-0.2, 0) is 22.7 Å². The molecule has 202 valence electrons. The van der Waals surface area contributed by atoms with Crippen LogP contribution in [0.15, 0.2) is 42.5 Å². The van der Waals surface area contributed by atoms with Gasteiger partial charge in [0.1, 0.15) is 23.7 Å². The van der Waals surface area contributed by atoms with E-state index in [1.807, 2.05) is 24.3 Å². The summed E-state index contributed by atoms with van der Waals surface area (Å²) in [6.07, 6.45) is 1.45. The molecule has 3 unspecified atom stereocenters. The molecule has 2 fully saturated rings. The second-order valence-electron chi connectivity index (χ2n) is 10.3. The number of nitrogens with one attached hydrogen (secondary N) is 1. The predicted molar refractivity (Wildman–Crippen MR) is 140 cm³/mol. The summed E-state index contributed by atoms with van der Waals surface area (Å²) in [5, 5.41) is 2.35. The molecular weight excluding hydrogens is 487 g/mol. The van der Waals surface area contributed by atoms with Crippen LogP contribution in [-0.4, -0.2) is 76.8 Å². The number of piperidine rings is 2. The van der Waals surface area contributed by atoms with Crippen molar-refractivity contribution in [3.8, 4) is 5.75 Å². The van der Waals surface area contributed by atoms with E-state index in [1.165, 1.54) is 12.1 Å². The molecule has 0 radical (unpaired) electrons. The Morgan fingerprint density at radius 3 is 2.53 bits per heavy atom. The second kappa shape index (κ2) is 11.2. The summed E-state index contributed by atoms with van der Waals surface area (Å²) >= 11 is 0. The van der Waals surface area contributed by atoms with Gasteiger partial charge in [0.15, 0.2) is 0 Å². The zero-order valence-electron chi connectivity index (χ0n) is 22.0.